The van der Waals surface area contributed by atoms with Gasteiger partial charge < -0.3 is 0 Å². The SMILES string of the molecule is BC1=CC(B)CC(C)=C1. The Labute approximate surface area is 58.8 Å². The van der Waals surface area contributed by atoms with Crippen molar-refractivity contribution in [3.8, 4) is 0 Å². The van der Waals surface area contributed by atoms with Gasteiger partial charge in [0.25, 0.3) is 0 Å². The third-order valence-electron chi connectivity index (χ3n) is 1.67. The first kappa shape index (κ1) is 6.73. The lowest BCUT2D eigenvalue weighted by atomic mass is 9.74. The van der Waals surface area contributed by atoms with Gasteiger partial charge in [-0.3, -0.25) is 0 Å². The van der Waals surface area contributed by atoms with Gasteiger partial charge in [-0.2, -0.15) is 0 Å². The average Bonchev–Trinajstić information content (AvgIpc) is 1.59. The van der Waals surface area contributed by atoms with Gasteiger partial charge >= 0.3 is 0 Å². The zero-order valence-electron chi connectivity index (χ0n) is 6.44. The molecule has 0 heterocycles. The molecule has 1 unspecified atom stereocenters. The van der Waals surface area contributed by atoms with Gasteiger partial charge in [0.05, 0.1) is 0 Å². The number of allylic oxidation sites excluding steroid dienone is 4. The van der Waals surface area contributed by atoms with Crippen molar-refractivity contribution in [1.82, 2.24) is 0 Å². The van der Waals surface area contributed by atoms with Gasteiger partial charge in [-0.25, -0.2) is 0 Å². The van der Waals surface area contributed by atoms with Crippen LogP contribution < -0.4 is 0 Å². The standard InChI is InChI=1S/C7H12B2/c1-5-2-6(8)4-7(9)3-5/h2,4,7H,3,8-9H2,1H3. The minimum atomic E-state index is 0.759. The van der Waals surface area contributed by atoms with Gasteiger partial charge in [0.15, 0.2) is 0 Å². The van der Waals surface area contributed by atoms with Gasteiger partial charge in [-0.15, -0.1) is 0 Å². The lowest BCUT2D eigenvalue weighted by Gasteiger charge is -2.13. The molecule has 0 radical (unpaired) electrons. The third kappa shape index (κ3) is 1.78. The molecule has 0 amide bonds. The Kier molecular flexibility index (Phi) is 1.84. The molecule has 0 saturated carbocycles. The monoisotopic (exact) mass is 118 g/mol. The van der Waals surface area contributed by atoms with Crippen molar-refractivity contribution in [2.24, 2.45) is 0 Å². The Morgan fingerprint density at radius 1 is 1.67 bits per heavy atom. The molecule has 0 aliphatic heterocycles. The third-order valence-corrected chi connectivity index (χ3v) is 1.67. The van der Waals surface area contributed by atoms with Crippen LogP contribution in [0.1, 0.15) is 13.3 Å². The second-order valence-electron chi connectivity index (χ2n) is 3.08. The molecule has 2 heteroatoms. The van der Waals surface area contributed by atoms with E-state index in [0.29, 0.717) is 0 Å². The fraction of sp³-hybridized carbons (Fsp3) is 0.429. The summed E-state index contributed by atoms with van der Waals surface area (Å²) in [5, 5.41) is 0. The van der Waals surface area contributed by atoms with Crippen molar-refractivity contribution in [2.45, 2.75) is 19.2 Å². The smallest absolute Gasteiger partial charge is 0.0954 e. The molecule has 0 spiro atoms. The molecule has 0 aromatic rings. The van der Waals surface area contributed by atoms with Gasteiger partial charge in [-0.1, -0.05) is 23.2 Å². The van der Waals surface area contributed by atoms with Crippen molar-refractivity contribution in [3.63, 3.8) is 0 Å². The summed E-state index contributed by atoms with van der Waals surface area (Å²) in [5.74, 6) is 0.759. The number of rotatable bonds is 0. The van der Waals surface area contributed by atoms with E-state index in [1.807, 2.05) is 0 Å². The zero-order valence-corrected chi connectivity index (χ0v) is 6.44. The molecule has 0 aromatic heterocycles. The summed E-state index contributed by atoms with van der Waals surface area (Å²) in [5.41, 5.74) is 2.94. The highest BCUT2D eigenvalue weighted by Gasteiger charge is 2.04. The average molecular weight is 118 g/mol. The second-order valence-corrected chi connectivity index (χ2v) is 3.08. The maximum atomic E-state index is 2.33. The van der Waals surface area contributed by atoms with E-state index < -0.39 is 0 Å². The van der Waals surface area contributed by atoms with Crippen LogP contribution in [0.15, 0.2) is 23.2 Å². The molecule has 0 fully saturated rings. The Hall–Kier alpha value is -0.390. The maximum absolute atomic E-state index is 2.33. The summed E-state index contributed by atoms with van der Waals surface area (Å²) < 4.78 is 0. The molecule has 0 bridgehead atoms. The van der Waals surface area contributed by atoms with Crippen LogP contribution in [0.5, 0.6) is 0 Å². The first-order valence-corrected chi connectivity index (χ1v) is 3.54. The molecule has 46 valence electrons. The molecule has 0 aromatic carbocycles. The first-order valence-electron chi connectivity index (χ1n) is 3.54. The van der Waals surface area contributed by atoms with E-state index in [1.54, 1.807) is 0 Å². The molecule has 1 aliphatic carbocycles. The van der Waals surface area contributed by atoms with E-state index in [1.165, 1.54) is 17.5 Å². The minimum Gasteiger partial charge on any atom is -0.0954 e. The highest BCUT2D eigenvalue weighted by Crippen LogP contribution is 2.22. The van der Waals surface area contributed by atoms with Crippen LogP contribution in [0.4, 0.5) is 0 Å². The minimum absolute atomic E-state index is 0.759. The van der Waals surface area contributed by atoms with E-state index >= 15 is 0 Å². The largest absolute Gasteiger partial charge is 0.138 e. The molecule has 0 nitrogen and oxygen atoms in total. The molecule has 9 heavy (non-hydrogen) atoms. The van der Waals surface area contributed by atoms with Crippen molar-refractivity contribution < 1.29 is 0 Å². The maximum Gasteiger partial charge on any atom is 0.138 e. The molecule has 0 saturated heterocycles. The predicted octanol–water partition coefficient (Wildman–Crippen LogP) is 0.275. The van der Waals surface area contributed by atoms with Crippen LogP contribution in [-0.4, -0.2) is 15.7 Å². The van der Waals surface area contributed by atoms with E-state index in [9.17, 15) is 0 Å². The zero-order chi connectivity index (χ0) is 6.85. The molecular weight excluding hydrogens is 106 g/mol. The summed E-state index contributed by atoms with van der Waals surface area (Å²) in [4.78, 5) is 0. The van der Waals surface area contributed by atoms with Crippen LogP contribution in [0.2, 0.25) is 5.82 Å². The van der Waals surface area contributed by atoms with Crippen LogP contribution in [-0.2, 0) is 0 Å². The van der Waals surface area contributed by atoms with Crippen LogP contribution in [0, 0.1) is 0 Å². The Balaban J connectivity index is 2.74. The summed E-state index contributed by atoms with van der Waals surface area (Å²) in [6.45, 7) is 2.20. The molecule has 0 N–H and O–H groups in total. The van der Waals surface area contributed by atoms with Crippen molar-refractivity contribution in [3.05, 3.63) is 23.2 Å². The van der Waals surface area contributed by atoms with Gasteiger partial charge in [0.1, 0.15) is 15.7 Å². The molecule has 1 atom stereocenters. The normalized spacial score (nSPS) is 27.0. The second kappa shape index (κ2) is 2.47. The lowest BCUT2D eigenvalue weighted by molar-refractivity contribution is 0.952. The van der Waals surface area contributed by atoms with Crippen molar-refractivity contribution >= 4 is 15.7 Å². The summed E-state index contributed by atoms with van der Waals surface area (Å²) >= 11 is 0. The summed E-state index contributed by atoms with van der Waals surface area (Å²) in [6.07, 6.45) is 5.84. The quantitative estimate of drug-likeness (QED) is 0.400. The van der Waals surface area contributed by atoms with Crippen LogP contribution in [0.25, 0.3) is 0 Å². The van der Waals surface area contributed by atoms with E-state index in [2.05, 4.69) is 34.8 Å². The van der Waals surface area contributed by atoms with E-state index in [4.69, 9.17) is 0 Å². The summed E-state index contributed by atoms with van der Waals surface area (Å²) in [6, 6.07) is 0. The predicted molar refractivity (Wildman–Crippen MR) is 47.3 cm³/mol. The lowest BCUT2D eigenvalue weighted by Crippen LogP contribution is -1.97. The first-order chi connectivity index (χ1) is 4.18. The number of hydrogen-bond acceptors (Lipinski definition) is 0. The Bertz CT molecular complexity index is 168. The summed E-state index contributed by atoms with van der Waals surface area (Å²) in [7, 11) is 4.43. The van der Waals surface area contributed by atoms with E-state index in [0.717, 1.165) is 5.82 Å². The number of hydrogen-bond donors (Lipinski definition) is 0. The molecule has 1 aliphatic rings. The van der Waals surface area contributed by atoms with Gasteiger partial charge in [0, 0.05) is 0 Å². The fourth-order valence-corrected chi connectivity index (χ4v) is 1.51. The fourth-order valence-electron chi connectivity index (χ4n) is 1.51. The Morgan fingerprint density at radius 2 is 2.33 bits per heavy atom. The Morgan fingerprint density at radius 3 is 2.78 bits per heavy atom. The van der Waals surface area contributed by atoms with Crippen LogP contribution in [0.3, 0.4) is 0 Å². The van der Waals surface area contributed by atoms with Gasteiger partial charge in [-0.05, 0) is 19.2 Å². The van der Waals surface area contributed by atoms with E-state index in [-0.39, 0.29) is 0 Å². The van der Waals surface area contributed by atoms with Crippen LogP contribution >= 0.6 is 0 Å². The highest BCUT2D eigenvalue weighted by atomic mass is 14.0. The van der Waals surface area contributed by atoms with Crippen molar-refractivity contribution in [2.75, 3.05) is 0 Å². The molecule has 1 rings (SSSR count). The van der Waals surface area contributed by atoms with Gasteiger partial charge in [0.2, 0.25) is 0 Å². The van der Waals surface area contributed by atoms with Crippen molar-refractivity contribution in [1.29, 1.82) is 0 Å². The molecular formula is C7H12B2. The topological polar surface area (TPSA) is 0 Å². The highest BCUT2D eigenvalue weighted by molar-refractivity contribution is 6.25.